The highest BCUT2D eigenvalue weighted by molar-refractivity contribution is 5.80. The summed E-state index contributed by atoms with van der Waals surface area (Å²) in [5, 5.41) is 7.05. The van der Waals surface area contributed by atoms with Crippen LogP contribution >= 0.6 is 0 Å². The molecule has 3 rings (SSSR count). The minimum absolute atomic E-state index is 0.464. The van der Waals surface area contributed by atoms with E-state index in [-0.39, 0.29) is 0 Å². The molecule has 0 saturated heterocycles. The van der Waals surface area contributed by atoms with Gasteiger partial charge in [0.25, 0.3) is 0 Å². The maximum Gasteiger partial charge on any atom is 0.191 e. The molecule has 4 nitrogen and oxygen atoms in total. The van der Waals surface area contributed by atoms with Crippen molar-refractivity contribution in [1.29, 1.82) is 0 Å². The lowest BCUT2D eigenvalue weighted by molar-refractivity contribution is 0.590. The fourth-order valence-electron chi connectivity index (χ4n) is 3.63. The van der Waals surface area contributed by atoms with Crippen molar-refractivity contribution in [3.05, 3.63) is 29.8 Å². The summed E-state index contributed by atoms with van der Waals surface area (Å²) in [5.74, 6) is 0.950. The van der Waals surface area contributed by atoms with Gasteiger partial charge in [0.2, 0.25) is 0 Å². The molecule has 0 spiro atoms. The van der Waals surface area contributed by atoms with Crippen LogP contribution in [0.2, 0.25) is 0 Å². The minimum atomic E-state index is 0.464. The zero-order valence-corrected chi connectivity index (χ0v) is 13.8. The predicted molar refractivity (Wildman–Crippen MR) is 93.7 cm³/mol. The third kappa shape index (κ3) is 3.37. The number of guanidine groups is 1. The topological polar surface area (TPSA) is 39.7 Å². The Labute approximate surface area is 134 Å². The number of benzene rings is 1. The van der Waals surface area contributed by atoms with Gasteiger partial charge in [0.1, 0.15) is 0 Å². The molecule has 0 amide bonds. The second-order valence-electron chi connectivity index (χ2n) is 6.50. The van der Waals surface area contributed by atoms with Gasteiger partial charge in [-0.1, -0.05) is 31.0 Å². The third-order valence-corrected chi connectivity index (χ3v) is 4.94. The first-order chi connectivity index (χ1) is 10.8. The maximum absolute atomic E-state index is 4.37. The summed E-state index contributed by atoms with van der Waals surface area (Å²) in [6.07, 6.45) is 6.40. The summed E-state index contributed by atoms with van der Waals surface area (Å²) in [4.78, 5) is 6.88. The Balaban J connectivity index is 1.52. The van der Waals surface area contributed by atoms with Gasteiger partial charge in [0.15, 0.2) is 5.96 Å². The molecule has 0 radical (unpaired) electrons. The number of anilines is 1. The van der Waals surface area contributed by atoms with Gasteiger partial charge in [0.05, 0.1) is 0 Å². The number of rotatable bonds is 4. The highest BCUT2D eigenvalue weighted by Crippen LogP contribution is 2.28. The number of nitrogens with zero attached hydrogens (tertiary/aromatic N) is 2. The predicted octanol–water partition coefficient (Wildman–Crippen LogP) is 2.55. The van der Waals surface area contributed by atoms with E-state index in [0.717, 1.165) is 25.5 Å². The fourth-order valence-corrected chi connectivity index (χ4v) is 3.63. The molecule has 1 aliphatic carbocycles. The van der Waals surface area contributed by atoms with Crippen molar-refractivity contribution in [2.24, 2.45) is 4.99 Å². The molecule has 120 valence electrons. The number of aliphatic imine (C=N–C) groups is 1. The van der Waals surface area contributed by atoms with Gasteiger partial charge in [-0.05, 0) is 37.8 Å². The molecule has 1 aromatic carbocycles. The van der Waals surface area contributed by atoms with Crippen LogP contribution in [0.3, 0.4) is 0 Å². The molecule has 0 aromatic heterocycles. The highest BCUT2D eigenvalue weighted by atomic mass is 15.2. The average Bonchev–Trinajstić information content (AvgIpc) is 3.20. The lowest BCUT2D eigenvalue weighted by atomic mass is 10.2. The largest absolute Gasteiger partial charge is 0.366 e. The Kier molecular flexibility index (Phi) is 4.86. The van der Waals surface area contributed by atoms with Gasteiger partial charge in [0, 0.05) is 37.9 Å². The Morgan fingerprint density at radius 2 is 2.09 bits per heavy atom. The SMILES string of the molecule is CN=C(NCC(C)N1CCc2ccccc21)NC1CCCC1. The normalized spacial score (nSPS) is 20.1. The van der Waals surface area contributed by atoms with Gasteiger partial charge >= 0.3 is 0 Å². The van der Waals surface area contributed by atoms with Crippen molar-refractivity contribution >= 4 is 11.6 Å². The second-order valence-corrected chi connectivity index (χ2v) is 6.50. The van der Waals surface area contributed by atoms with Crippen LogP contribution in [-0.4, -0.2) is 38.2 Å². The zero-order chi connectivity index (χ0) is 15.4. The van der Waals surface area contributed by atoms with Crippen molar-refractivity contribution in [3.8, 4) is 0 Å². The summed E-state index contributed by atoms with van der Waals surface area (Å²) in [6, 6.07) is 9.83. The van der Waals surface area contributed by atoms with Crippen LogP contribution in [0.1, 0.15) is 38.2 Å². The fraction of sp³-hybridized carbons (Fsp3) is 0.611. The van der Waals surface area contributed by atoms with E-state index in [2.05, 4.69) is 51.7 Å². The van der Waals surface area contributed by atoms with Crippen LogP contribution in [0.5, 0.6) is 0 Å². The van der Waals surface area contributed by atoms with Crippen LogP contribution in [0.4, 0.5) is 5.69 Å². The maximum atomic E-state index is 4.37. The highest BCUT2D eigenvalue weighted by Gasteiger charge is 2.23. The molecular formula is C18H28N4. The Morgan fingerprint density at radius 3 is 2.86 bits per heavy atom. The molecule has 22 heavy (non-hydrogen) atoms. The quantitative estimate of drug-likeness (QED) is 0.663. The van der Waals surface area contributed by atoms with E-state index in [1.807, 2.05) is 7.05 Å². The zero-order valence-electron chi connectivity index (χ0n) is 13.8. The molecule has 2 N–H and O–H groups in total. The average molecular weight is 300 g/mol. The van der Waals surface area contributed by atoms with E-state index < -0.39 is 0 Å². The Hall–Kier alpha value is -1.71. The van der Waals surface area contributed by atoms with Crippen LogP contribution in [0, 0.1) is 0 Å². The number of nitrogens with one attached hydrogen (secondary N) is 2. The Morgan fingerprint density at radius 1 is 1.32 bits per heavy atom. The van der Waals surface area contributed by atoms with Crippen molar-refractivity contribution in [3.63, 3.8) is 0 Å². The molecule has 1 fully saturated rings. The third-order valence-electron chi connectivity index (χ3n) is 4.94. The monoisotopic (exact) mass is 300 g/mol. The number of hydrogen-bond acceptors (Lipinski definition) is 2. The van der Waals surface area contributed by atoms with Crippen molar-refractivity contribution < 1.29 is 0 Å². The lowest BCUT2D eigenvalue weighted by Crippen LogP contribution is -2.47. The number of fused-ring (bicyclic) bond motifs is 1. The number of para-hydroxylation sites is 1. The first-order valence-electron chi connectivity index (χ1n) is 8.59. The molecule has 4 heteroatoms. The molecule has 0 bridgehead atoms. The molecule has 1 atom stereocenters. The summed E-state index contributed by atoms with van der Waals surface area (Å²) < 4.78 is 0. The van der Waals surface area contributed by atoms with E-state index in [0.29, 0.717) is 12.1 Å². The van der Waals surface area contributed by atoms with E-state index in [9.17, 15) is 0 Å². The molecular weight excluding hydrogens is 272 g/mol. The van der Waals surface area contributed by atoms with Crippen LogP contribution < -0.4 is 15.5 Å². The standard InChI is InChI=1S/C18H28N4/c1-14(22-12-11-15-7-3-6-10-17(15)22)13-20-18(19-2)21-16-8-4-5-9-16/h3,6-7,10,14,16H,4-5,8-9,11-13H2,1-2H3,(H2,19,20,21). The van der Waals surface area contributed by atoms with E-state index in [1.54, 1.807) is 0 Å². The lowest BCUT2D eigenvalue weighted by Gasteiger charge is -2.28. The second kappa shape index (κ2) is 7.03. The number of hydrogen-bond donors (Lipinski definition) is 2. The van der Waals surface area contributed by atoms with Crippen molar-refractivity contribution in [2.45, 2.75) is 51.1 Å². The van der Waals surface area contributed by atoms with E-state index >= 15 is 0 Å². The molecule has 1 aromatic rings. The van der Waals surface area contributed by atoms with Crippen LogP contribution in [0.25, 0.3) is 0 Å². The Bertz CT molecular complexity index is 520. The smallest absolute Gasteiger partial charge is 0.191 e. The molecule has 1 aliphatic heterocycles. The minimum Gasteiger partial charge on any atom is -0.366 e. The molecule has 1 unspecified atom stereocenters. The molecule has 1 saturated carbocycles. The first kappa shape index (κ1) is 15.2. The summed E-state index contributed by atoms with van der Waals surface area (Å²) in [6.45, 7) is 4.33. The van der Waals surface area contributed by atoms with Gasteiger partial charge in [-0.3, -0.25) is 4.99 Å². The van der Waals surface area contributed by atoms with Gasteiger partial charge in [-0.25, -0.2) is 0 Å². The van der Waals surface area contributed by atoms with Crippen LogP contribution in [0.15, 0.2) is 29.3 Å². The van der Waals surface area contributed by atoms with Crippen molar-refractivity contribution in [1.82, 2.24) is 10.6 Å². The van der Waals surface area contributed by atoms with Gasteiger partial charge in [-0.15, -0.1) is 0 Å². The van der Waals surface area contributed by atoms with E-state index in [4.69, 9.17) is 0 Å². The first-order valence-corrected chi connectivity index (χ1v) is 8.59. The van der Waals surface area contributed by atoms with Crippen molar-refractivity contribution in [2.75, 3.05) is 25.0 Å². The van der Waals surface area contributed by atoms with Gasteiger partial charge in [-0.2, -0.15) is 0 Å². The van der Waals surface area contributed by atoms with Crippen LogP contribution in [-0.2, 0) is 6.42 Å². The molecule has 2 aliphatic rings. The van der Waals surface area contributed by atoms with E-state index in [1.165, 1.54) is 36.9 Å². The van der Waals surface area contributed by atoms with Gasteiger partial charge < -0.3 is 15.5 Å². The molecule has 1 heterocycles. The summed E-state index contributed by atoms with van der Waals surface area (Å²) in [7, 11) is 1.86. The summed E-state index contributed by atoms with van der Waals surface area (Å²) >= 11 is 0. The summed E-state index contributed by atoms with van der Waals surface area (Å²) in [5.41, 5.74) is 2.87.